The largest absolute Gasteiger partial charge is 0.456 e. The average Bonchev–Trinajstić information content (AvgIpc) is 3.24. The second-order valence-electron chi connectivity index (χ2n) is 9.78. The molecule has 1 atom stereocenters. The molecule has 0 aliphatic carbocycles. The number of nitrogens with zero attached hydrogens (tertiary/aromatic N) is 5. The highest BCUT2D eigenvalue weighted by atomic mass is 35.5. The third kappa shape index (κ3) is 4.76. The Bertz CT molecular complexity index is 1570. The highest BCUT2D eigenvalue weighted by molar-refractivity contribution is 6.30. The predicted octanol–water partition coefficient (Wildman–Crippen LogP) is 5.38. The first-order chi connectivity index (χ1) is 18.5. The van der Waals surface area contributed by atoms with Crippen LogP contribution in [0.2, 0.25) is 5.02 Å². The summed E-state index contributed by atoms with van der Waals surface area (Å²) in [5, 5.41) is 10.4. The summed E-state index contributed by atoms with van der Waals surface area (Å²) in [6.07, 6.45) is 1.89. The smallest absolute Gasteiger partial charge is 0.237 e. The van der Waals surface area contributed by atoms with E-state index < -0.39 is 0 Å². The van der Waals surface area contributed by atoms with Gasteiger partial charge in [-0.25, -0.2) is 4.98 Å². The Morgan fingerprint density at radius 3 is 2.61 bits per heavy atom. The van der Waals surface area contributed by atoms with Crippen LogP contribution in [0.25, 0.3) is 11.1 Å². The van der Waals surface area contributed by atoms with Gasteiger partial charge in [0.25, 0.3) is 0 Å². The van der Waals surface area contributed by atoms with E-state index >= 15 is 0 Å². The van der Waals surface area contributed by atoms with Crippen LogP contribution in [0.4, 0.5) is 0 Å². The molecule has 4 aromatic rings. The minimum Gasteiger partial charge on any atom is -0.456 e. The number of aryl methyl sites for hydroxylation is 1. The van der Waals surface area contributed by atoms with E-state index in [-0.39, 0.29) is 5.91 Å². The number of hydrogen-bond acceptors (Lipinski definition) is 5. The number of imidazole rings is 1. The predicted molar refractivity (Wildman–Crippen MR) is 145 cm³/mol. The monoisotopic (exact) mass is 523 g/mol. The van der Waals surface area contributed by atoms with Crippen molar-refractivity contribution >= 4 is 17.5 Å². The van der Waals surface area contributed by atoms with E-state index in [0.717, 1.165) is 40.3 Å². The molecule has 0 saturated carbocycles. The lowest BCUT2D eigenvalue weighted by molar-refractivity contribution is -0.136. The minimum atomic E-state index is 0.0940. The molecule has 1 unspecified atom stereocenters. The van der Waals surface area contributed by atoms with Crippen molar-refractivity contribution in [1.82, 2.24) is 19.4 Å². The lowest BCUT2D eigenvalue weighted by atomic mass is 9.98. The third-order valence-electron chi connectivity index (χ3n) is 7.25. The van der Waals surface area contributed by atoms with Crippen molar-refractivity contribution in [1.29, 1.82) is 5.26 Å². The summed E-state index contributed by atoms with van der Waals surface area (Å²) < 4.78 is 8.48. The Labute approximate surface area is 226 Å². The van der Waals surface area contributed by atoms with Gasteiger partial charge >= 0.3 is 0 Å². The first-order valence-corrected chi connectivity index (χ1v) is 13.0. The number of nitriles is 1. The average molecular weight is 524 g/mol. The Kier molecular flexibility index (Phi) is 6.36. The van der Waals surface area contributed by atoms with Crippen LogP contribution in [-0.2, 0) is 24.4 Å². The number of carbonyl (C=O) groups is 1. The number of carbonyl (C=O) groups excluding carboxylic acids is 1. The molecule has 1 aromatic heterocycles. The molecule has 0 radical (unpaired) electrons. The molecule has 6 bridgehead atoms. The SMILES string of the molecule is Cc1ncc2n1Cc1ccc(C#N)c(c1)Oc1ccc(-c3ccc(Cl)cc3)c(c1)CN1CCN(CC1=O)C2. The van der Waals surface area contributed by atoms with Gasteiger partial charge in [-0.05, 0) is 65.6 Å². The maximum absolute atomic E-state index is 13.3. The molecule has 3 aliphatic rings. The molecule has 7 nitrogen and oxygen atoms in total. The molecule has 190 valence electrons. The number of aromatic nitrogens is 2. The van der Waals surface area contributed by atoms with Crippen LogP contribution in [-0.4, -0.2) is 44.9 Å². The van der Waals surface area contributed by atoms with E-state index in [9.17, 15) is 10.1 Å². The number of amides is 1. The summed E-state index contributed by atoms with van der Waals surface area (Å²) >= 11 is 6.14. The summed E-state index contributed by atoms with van der Waals surface area (Å²) in [7, 11) is 0. The highest BCUT2D eigenvalue weighted by Gasteiger charge is 2.26. The Morgan fingerprint density at radius 1 is 0.974 bits per heavy atom. The summed E-state index contributed by atoms with van der Waals surface area (Å²) in [5.41, 5.74) is 5.52. The van der Waals surface area contributed by atoms with Crippen molar-refractivity contribution in [3.8, 4) is 28.7 Å². The number of benzene rings is 3. The Hall–Kier alpha value is -4.12. The van der Waals surface area contributed by atoms with Crippen molar-refractivity contribution in [2.24, 2.45) is 0 Å². The van der Waals surface area contributed by atoms with Gasteiger partial charge in [0.05, 0.1) is 17.8 Å². The first kappa shape index (κ1) is 24.2. The van der Waals surface area contributed by atoms with Crippen molar-refractivity contribution in [3.05, 3.63) is 100 Å². The fourth-order valence-corrected chi connectivity index (χ4v) is 5.30. The van der Waals surface area contributed by atoms with Gasteiger partial charge in [-0.2, -0.15) is 5.26 Å². The molecule has 4 heterocycles. The zero-order valence-corrected chi connectivity index (χ0v) is 21.8. The third-order valence-corrected chi connectivity index (χ3v) is 7.50. The highest BCUT2D eigenvalue weighted by Crippen LogP contribution is 2.33. The van der Waals surface area contributed by atoms with E-state index in [2.05, 4.69) is 20.5 Å². The van der Waals surface area contributed by atoms with Crippen LogP contribution >= 0.6 is 11.6 Å². The minimum absolute atomic E-state index is 0.0940. The maximum atomic E-state index is 13.3. The number of hydrogen-bond donors (Lipinski definition) is 0. The number of rotatable bonds is 1. The molecule has 1 fully saturated rings. The van der Waals surface area contributed by atoms with Gasteiger partial charge < -0.3 is 14.2 Å². The zero-order valence-electron chi connectivity index (χ0n) is 21.0. The number of piperazine rings is 1. The summed E-state index contributed by atoms with van der Waals surface area (Å²) in [5.74, 6) is 2.11. The van der Waals surface area contributed by atoms with Gasteiger partial charge in [0, 0.05) is 43.9 Å². The van der Waals surface area contributed by atoms with Crippen molar-refractivity contribution in [3.63, 3.8) is 0 Å². The quantitative estimate of drug-likeness (QED) is 0.335. The fourth-order valence-electron chi connectivity index (χ4n) is 5.18. The fraction of sp³-hybridized carbons (Fsp3) is 0.233. The molecule has 8 heteroatoms. The van der Waals surface area contributed by atoms with Gasteiger partial charge in [0.15, 0.2) is 0 Å². The van der Waals surface area contributed by atoms with Gasteiger partial charge in [0.2, 0.25) is 5.91 Å². The van der Waals surface area contributed by atoms with Gasteiger partial charge in [-0.1, -0.05) is 35.9 Å². The molecule has 7 rings (SSSR count). The standard InChI is InChI=1S/C30H26ClN5O2/c1-20-33-15-26-18-34-10-11-35(30(37)19-34)17-24-13-27(8-9-28(24)22-4-6-25(31)7-5-22)38-29-12-21(16-36(20)26)2-3-23(29)14-32/h2-9,12-13,15H,10-11,16-19H2,1H3. The van der Waals surface area contributed by atoms with E-state index in [1.54, 1.807) is 6.07 Å². The van der Waals surface area contributed by atoms with E-state index in [4.69, 9.17) is 16.3 Å². The van der Waals surface area contributed by atoms with Crippen LogP contribution in [0.15, 0.2) is 66.9 Å². The zero-order chi connectivity index (χ0) is 26.2. The second kappa shape index (κ2) is 9.97. The lowest BCUT2D eigenvalue weighted by Gasteiger charge is -2.35. The summed E-state index contributed by atoms with van der Waals surface area (Å²) in [6, 6.07) is 21.5. The van der Waals surface area contributed by atoms with E-state index in [1.807, 2.05) is 72.6 Å². The Balaban J connectivity index is 1.46. The van der Waals surface area contributed by atoms with Crippen LogP contribution in [0.5, 0.6) is 11.5 Å². The molecule has 3 aliphatic heterocycles. The summed E-state index contributed by atoms with van der Waals surface area (Å²) in [4.78, 5) is 21.9. The summed E-state index contributed by atoms with van der Waals surface area (Å²) in [6.45, 7) is 5.46. The van der Waals surface area contributed by atoms with Gasteiger partial charge in [0.1, 0.15) is 23.4 Å². The number of halogens is 1. The van der Waals surface area contributed by atoms with Crippen LogP contribution in [0.1, 0.15) is 28.2 Å². The van der Waals surface area contributed by atoms with Crippen LogP contribution in [0.3, 0.4) is 0 Å². The maximum Gasteiger partial charge on any atom is 0.237 e. The van der Waals surface area contributed by atoms with Crippen molar-refractivity contribution < 1.29 is 9.53 Å². The molecule has 3 aromatic carbocycles. The molecular formula is C30H26ClN5O2. The molecular weight excluding hydrogens is 498 g/mol. The van der Waals surface area contributed by atoms with Crippen LogP contribution < -0.4 is 4.74 Å². The number of fused-ring (bicyclic) bond motifs is 2. The first-order valence-electron chi connectivity index (χ1n) is 12.6. The van der Waals surface area contributed by atoms with Crippen molar-refractivity contribution in [2.45, 2.75) is 26.6 Å². The van der Waals surface area contributed by atoms with E-state index in [0.29, 0.717) is 54.8 Å². The lowest BCUT2D eigenvalue weighted by Crippen LogP contribution is -2.49. The topological polar surface area (TPSA) is 74.4 Å². The van der Waals surface area contributed by atoms with Crippen LogP contribution in [0, 0.1) is 18.3 Å². The molecule has 0 N–H and O–H groups in total. The van der Waals surface area contributed by atoms with Gasteiger partial charge in [-0.3, -0.25) is 9.69 Å². The Morgan fingerprint density at radius 2 is 1.82 bits per heavy atom. The molecule has 38 heavy (non-hydrogen) atoms. The normalized spacial score (nSPS) is 17.0. The van der Waals surface area contributed by atoms with Gasteiger partial charge in [-0.15, -0.1) is 0 Å². The van der Waals surface area contributed by atoms with Crippen molar-refractivity contribution in [2.75, 3.05) is 19.6 Å². The van der Waals surface area contributed by atoms with E-state index in [1.165, 1.54) is 0 Å². The second-order valence-corrected chi connectivity index (χ2v) is 10.2. The molecule has 0 spiro atoms. The molecule has 1 saturated heterocycles. The molecule has 1 amide bonds. The number of ether oxygens (including phenoxy) is 1.